The molecule has 6 heteroatoms. The van der Waals surface area contributed by atoms with Gasteiger partial charge in [0, 0.05) is 19.3 Å². The molecule has 0 bridgehead atoms. The van der Waals surface area contributed by atoms with Gasteiger partial charge in [0.15, 0.2) is 6.10 Å². The highest BCUT2D eigenvalue weighted by Gasteiger charge is 2.19. The Bertz CT molecular complexity index is 1620. The van der Waals surface area contributed by atoms with Crippen molar-refractivity contribution in [1.29, 1.82) is 0 Å². The van der Waals surface area contributed by atoms with E-state index in [2.05, 4.69) is 142 Å². The van der Waals surface area contributed by atoms with Gasteiger partial charge in [-0.1, -0.05) is 284 Å². The Kier molecular flexibility index (Phi) is 61.8. The maximum Gasteiger partial charge on any atom is 0.306 e. The smallest absolute Gasteiger partial charge is 0.306 e. The summed E-state index contributed by atoms with van der Waals surface area (Å²) in [5, 5.41) is 0. The van der Waals surface area contributed by atoms with Crippen LogP contribution < -0.4 is 0 Å². The normalized spacial score (nSPS) is 12.9. The van der Waals surface area contributed by atoms with E-state index >= 15 is 0 Å². The summed E-state index contributed by atoms with van der Waals surface area (Å²) in [5.41, 5.74) is 0. The third-order valence-corrected chi connectivity index (χ3v) is 13.7. The molecule has 0 saturated carbocycles. The zero-order valence-electron chi connectivity index (χ0n) is 50.9. The summed E-state index contributed by atoms with van der Waals surface area (Å²) >= 11 is 0. The molecule has 6 nitrogen and oxygen atoms in total. The third kappa shape index (κ3) is 62.7. The summed E-state index contributed by atoms with van der Waals surface area (Å²) in [4.78, 5) is 38.2. The van der Waals surface area contributed by atoms with Gasteiger partial charge in [-0.2, -0.15) is 0 Å². The van der Waals surface area contributed by atoms with Crippen LogP contribution in [0.1, 0.15) is 297 Å². The second-order valence-electron chi connectivity index (χ2n) is 21.3. The van der Waals surface area contributed by atoms with E-state index in [-0.39, 0.29) is 31.1 Å². The maximum atomic E-state index is 12.9. The van der Waals surface area contributed by atoms with Crippen molar-refractivity contribution in [3.05, 3.63) is 122 Å². The number of rotatable bonds is 58. The minimum atomic E-state index is -0.789. The van der Waals surface area contributed by atoms with Gasteiger partial charge in [0.05, 0.1) is 0 Å². The molecule has 0 spiro atoms. The van der Waals surface area contributed by atoms with Crippen LogP contribution in [0.25, 0.3) is 0 Å². The van der Waals surface area contributed by atoms with Crippen molar-refractivity contribution in [2.45, 2.75) is 303 Å². The molecule has 0 radical (unpaired) electrons. The fourth-order valence-electron chi connectivity index (χ4n) is 8.84. The molecule has 0 amide bonds. The molecule has 0 aliphatic carbocycles. The molecule has 0 aromatic heterocycles. The first kappa shape index (κ1) is 73.8. The van der Waals surface area contributed by atoms with E-state index in [4.69, 9.17) is 14.2 Å². The lowest BCUT2D eigenvalue weighted by Gasteiger charge is -2.18. The number of carbonyl (C=O) groups excluding carboxylic acids is 3. The number of unbranched alkanes of at least 4 members (excludes halogenated alkanes) is 27. The van der Waals surface area contributed by atoms with E-state index in [1.807, 2.05) is 0 Å². The Morgan fingerprint density at radius 1 is 0.269 bits per heavy atom. The first-order valence-electron chi connectivity index (χ1n) is 32.5. The summed E-state index contributed by atoms with van der Waals surface area (Å²) in [6.07, 6.45) is 90.6. The Hall–Kier alpha value is -4.19. The first-order chi connectivity index (χ1) is 38.5. The topological polar surface area (TPSA) is 78.9 Å². The predicted octanol–water partition coefficient (Wildman–Crippen LogP) is 22.4. The summed E-state index contributed by atoms with van der Waals surface area (Å²) in [6, 6.07) is 0. The van der Waals surface area contributed by atoms with Crippen LogP contribution in [0.4, 0.5) is 0 Å². The Balaban J connectivity index is 4.26. The Labute approximate surface area is 482 Å². The zero-order valence-corrected chi connectivity index (χ0v) is 50.9. The molecule has 444 valence electrons. The van der Waals surface area contributed by atoms with E-state index in [1.165, 1.54) is 122 Å². The van der Waals surface area contributed by atoms with Crippen molar-refractivity contribution < 1.29 is 28.6 Å². The number of hydrogen-bond acceptors (Lipinski definition) is 6. The van der Waals surface area contributed by atoms with Crippen LogP contribution in [0.15, 0.2) is 122 Å². The highest BCUT2D eigenvalue weighted by atomic mass is 16.6. The van der Waals surface area contributed by atoms with Crippen LogP contribution in [0.5, 0.6) is 0 Å². The molecule has 0 aromatic carbocycles. The molecule has 0 saturated heterocycles. The monoisotopic (exact) mass is 1080 g/mol. The highest BCUT2D eigenvalue weighted by molar-refractivity contribution is 5.71. The van der Waals surface area contributed by atoms with Crippen molar-refractivity contribution in [3.8, 4) is 0 Å². The summed E-state index contributed by atoms with van der Waals surface area (Å²) < 4.78 is 16.9. The summed E-state index contributed by atoms with van der Waals surface area (Å²) in [5.74, 6) is -0.900. The predicted molar refractivity (Wildman–Crippen MR) is 339 cm³/mol. The molecule has 78 heavy (non-hydrogen) atoms. The van der Waals surface area contributed by atoms with Crippen molar-refractivity contribution in [2.75, 3.05) is 13.2 Å². The van der Waals surface area contributed by atoms with E-state index in [1.54, 1.807) is 0 Å². The fraction of sp³-hybridized carbons (Fsp3) is 0.681. The van der Waals surface area contributed by atoms with E-state index in [0.29, 0.717) is 19.3 Å². The molecule has 1 atom stereocenters. The minimum Gasteiger partial charge on any atom is -0.462 e. The van der Waals surface area contributed by atoms with Crippen molar-refractivity contribution in [3.63, 3.8) is 0 Å². The Morgan fingerprint density at radius 2 is 0.500 bits per heavy atom. The van der Waals surface area contributed by atoms with Crippen LogP contribution in [-0.4, -0.2) is 37.2 Å². The number of ether oxygens (including phenoxy) is 3. The standard InChI is InChI=1S/C72H120O6/c1-4-7-10-13-16-19-22-24-26-28-30-31-32-33-34-35-36-37-38-39-40-41-43-44-46-48-50-53-56-59-62-65-71(74)77-68-69(67-76-70(73)64-61-58-55-52-21-18-15-12-9-6-3)78-72(75)66-63-60-57-54-51-49-47-45-42-29-27-25-23-20-17-14-11-8-5-2/h7,10,16-17,19-20,24-27,30-31,33-34,36-37,39-40,42,45,69H,4-6,8-9,11-15,18,21-23,28-29,32,35,38,41,43-44,46-68H2,1-3H3/b10-7-,19-16-,20-17-,26-24-,27-25-,31-30-,34-33-,37-36-,40-39-,45-42-. The van der Waals surface area contributed by atoms with Gasteiger partial charge in [-0.05, 0) is 116 Å². The second-order valence-corrected chi connectivity index (χ2v) is 21.3. The van der Waals surface area contributed by atoms with Crippen LogP contribution in [0, 0.1) is 0 Å². The largest absolute Gasteiger partial charge is 0.462 e. The molecule has 0 aliphatic rings. The molecule has 0 N–H and O–H groups in total. The SMILES string of the molecule is CC/C=C\C/C=C\C/C=C\C/C=C\C/C=C\C/C=C\C/C=C\CCCCCCCCCCCC(=O)OCC(COC(=O)CCCCCCCCCCCC)OC(=O)CCCCCCCC/C=C\C/C=C\C/C=C\CCCCC. The van der Waals surface area contributed by atoms with Gasteiger partial charge >= 0.3 is 17.9 Å². The lowest BCUT2D eigenvalue weighted by atomic mass is 10.1. The molecular weight excluding hydrogens is 961 g/mol. The molecule has 0 aliphatic heterocycles. The zero-order chi connectivity index (χ0) is 56.4. The number of allylic oxidation sites excluding steroid dienone is 20. The van der Waals surface area contributed by atoms with Gasteiger partial charge in [-0.3, -0.25) is 14.4 Å². The number of esters is 3. The quantitative estimate of drug-likeness (QED) is 0.0261. The summed E-state index contributed by atoms with van der Waals surface area (Å²) in [6.45, 7) is 6.48. The van der Waals surface area contributed by atoms with Gasteiger partial charge in [-0.25, -0.2) is 0 Å². The average molecular weight is 1080 g/mol. The Morgan fingerprint density at radius 3 is 0.808 bits per heavy atom. The van der Waals surface area contributed by atoms with Crippen LogP contribution >= 0.6 is 0 Å². The van der Waals surface area contributed by atoms with Gasteiger partial charge in [-0.15, -0.1) is 0 Å². The van der Waals surface area contributed by atoms with Crippen molar-refractivity contribution >= 4 is 17.9 Å². The van der Waals surface area contributed by atoms with E-state index in [9.17, 15) is 14.4 Å². The lowest BCUT2D eigenvalue weighted by Crippen LogP contribution is -2.30. The van der Waals surface area contributed by atoms with Crippen LogP contribution in [0.2, 0.25) is 0 Å². The lowest BCUT2D eigenvalue weighted by molar-refractivity contribution is -0.167. The van der Waals surface area contributed by atoms with Crippen molar-refractivity contribution in [2.24, 2.45) is 0 Å². The highest BCUT2D eigenvalue weighted by Crippen LogP contribution is 2.15. The van der Waals surface area contributed by atoms with E-state index in [0.717, 1.165) is 135 Å². The molecule has 0 heterocycles. The third-order valence-electron chi connectivity index (χ3n) is 13.7. The van der Waals surface area contributed by atoms with Crippen LogP contribution in [0.3, 0.4) is 0 Å². The fourth-order valence-corrected chi connectivity index (χ4v) is 8.84. The van der Waals surface area contributed by atoms with E-state index < -0.39 is 6.10 Å². The number of carbonyl (C=O) groups is 3. The molecule has 1 unspecified atom stereocenters. The van der Waals surface area contributed by atoms with Gasteiger partial charge in [0.2, 0.25) is 0 Å². The molecule has 0 aromatic rings. The van der Waals surface area contributed by atoms with Crippen LogP contribution in [-0.2, 0) is 28.6 Å². The maximum absolute atomic E-state index is 12.9. The summed E-state index contributed by atoms with van der Waals surface area (Å²) in [7, 11) is 0. The second kappa shape index (κ2) is 65.3. The van der Waals surface area contributed by atoms with Gasteiger partial charge in [0.1, 0.15) is 13.2 Å². The average Bonchev–Trinajstić information content (AvgIpc) is 3.44. The molecule has 0 rings (SSSR count). The van der Waals surface area contributed by atoms with Gasteiger partial charge < -0.3 is 14.2 Å². The van der Waals surface area contributed by atoms with Gasteiger partial charge in [0.25, 0.3) is 0 Å². The molecular formula is C72H120O6. The minimum absolute atomic E-state index is 0.0847. The number of hydrogen-bond donors (Lipinski definition) is 0. The van der Waals surface area contributed by atoms with Crippen molar-refractivity contribution in [1.82, 2.24) is 0 Å². The molecule has 0 fully saturated rings. The first-order valence-corrected chi connectivity index (χ1v) is 32.5.